The predicted octanol–water partition coefficient (Wildman–Crippen LogP) is 2.38. The maximum atomic E-state index is 6.10. The van der Waals surface area contributed by atoms with Gasteiger partial charge < -0.3 is 10.6 Å². The van der Waals surface area contributed by atoms with Crippen LogP contribution in [0.2, 0.25) is 0 Å². The van der Waals surface area contributed by atoms with Gasteiger partial charge in [0, 0.05) is 5.69 Å². The van der Waals surface area contributed by atoms with Gasteiger partial charge in [-0.15, -0.1) is 0 Å². The summed E-state index contributed by atoms with van der Waals surface area (Å²) in [5.41, 5.74) is 7.43. The smallest absolute Gasteiger partial charge is 0.196 e. The van der Waals surface area contributed by atoms with Gasteiger partial charge >= 0.3 is 0 Å². The Hall–Kier alpha value is -1.51. The van der Waals surface area contributed by atoms with Crippen LogP contribution in [-0.4, -0.2) is 18.0 Å². The van der Waals surface area contributed by atoms with E-state index in [1.54, 1.807) is 0 Å². The average Bonchev–Trinajstić information content (AvgIpc) is 2.87. The molecule has 1 aromatic carbocycles. The van der Waals surface area contributed by atoms with Gasteiger partial charge in [0.1, 0.15) is 0 Å². The SMILES string of the molecule is CC1CCCC12CN=C(N)N2c1ccccc1. The van der Waals surface area contributed by atoms with E-state index in [0.717, 1.165) is 6.54 Å². The first-order valence-electron chi connectivity index (χ1n) is 6.39. The summed E-state index contributed by atoms with van der Waals surface area (Å²) in [6.45, 7) is 3.19. The second-order valence-electron chi connectivity index (χ2n) is 5.24. The van der Waals surface area contributed by atoms with E-state index in [4.69, 9.17) is 5.73 Å². The zero-order chi connectivity index (χ0) is 11.9. The fraction of sp³-hybridized carbons (Fsp3) is 0.500. The number of rotatable bonds is 1. The van der Waals surface area contributed by atoms with Crippen LogP contribution in [0, 0.1) is 5.92 Å². The highest BCUT2D eigenvalue weighted by Crippen LogP contribution is 2.44. The summed E-state index contributed by atoms with van der Waals surface area (Å²) in [7, 11) is 0. The van der Waals surface area contributed by atoms with Gasteiger partial charge in [0.2, 0.25) is 0 Å². The van der Waals surface area contributed by atoms with Crippen LogP contribution >= 0.6 is 0 Å². The molecular weight excluding hydrogens is 210 g/mol. The summed E-state index contributed by atoms with van der Waals surface area (Å²) in [6.07, 6.45) is 3.77. The van der Waals surface area contributed by atoms with E-state index in [0.29, 0.717) is 11.9 Å². The first-order chi connectivity index (χ1) is 8.24. The summed E-state index contributed by atoms with van der Waals surface area (Å²) in [4.78, 5) is 6.77. The quantitative estimate of drug-likeness (QED) is 0.803. The highest BCUT2D eigenvalue weighted by atomic mass is 15.4. The lowest BCUT2D eigenvalue weighted by Crippen LogP contribution is -2.53. The number of hydrogen-bond acceptors (Lipinski definition) is 3. The Morgan fingerprint density at radius 1 is 1.35 bits per heavy atom. The van der Waals surface area contributed by atoms with E-state index >= 15 is 0 Å². The van der Waals surface area contributed by atoms with Crippen molar-refractivity contribution in [2.75, 3.05) is 11.4 Å². The molecule has 2 atom stereocenters. The molecule has 90 valence electrons. The molecule has 0 amide bonds. The highest BCUT2D eigenvalue weighted by Gasteiger charge is 2.49. The number of nitrogens with two attached hydrogens (primary N) is 1. The highest BCUT2D eigenvalue weighted by molar-refractivity contribution is 5.98. The van der Waals surface area contributed by atoms with Gasteiger partial charge in [0.15, 0.2) is 5.96 Å². The van der Waals surface area contributed by atoms with Crippen LogP contribution in [0.3, 0.4) is 0 Å². The standard InChI is InChI=1S/C14H19N3/c1-11-6-5-9-14(11)10-16-13(15)17(14)12-7-3-2-4-8-12/h2-4,7-8,11H,5-6,9-10H2,1H3,(H2,15,16). The van der Waals surface area contributed by atoms with E-state index in [1.807, 2.05) is 6.07 Å². The summed E-state index contributed by atoms with van der Waals surface area (Å²) >= 11 is 0. The molecule has 3 rings (SSSR count). The van der Waals surface area contributed by atoms with Gasteiger partial charge in [0.05, 0.1) is 12.1 Å². The second kappa shape index (κ2) is 3.76. The zero-order valence-electron chi connectivity index (χ0n) is 10.3. The first kappa shape index (κ1) is 10.6. The molecule has 3 nitrogen and oxygen atoms in total. The number of para-hydroxylation sites is 1. The molecule has 1 aromatic rings. The number of anilines is 1. The minimum Gasteiger partial charge on any atom is -0.369 e. The van der Waals surface area contributed by atoms with Crippen molar-refractivity contribution >= 4 is 11.6 Å². The number of nitrogens with zero attached hydrogens (tertiary/aromatic N) is 2. The Kier molecular flexibility index (Phi) is 2.35. The van der Waals surface area contributed by atoms with Crippen molar-refractivity contribution in [1.82, 2.24) is 0 Å². The van der Waals surface area contributed by atoms with Crippen molar-refractivity contribution in [2.45, 2.75) is 31.7 Å². The van der Waals surface area contributed by atoms with Gasteiger partial charge in [-0.2, -0.15) is 0 Å². The number of guanidine groups is 1. The molecule has 3 heteroatoms. The molecule has 1 saturated carbocycles. The molecule has 1 aliphatic heterocycles. The predicted molar refractivity (Wildman–Crippen MR) is 71.2 cm³/mol. The first-order valence-corrected chi connectivity index (χ1v) is 6.39. The van der Waals surface area contributed by atoms with Crippen molar-refractivity contribution in [3.8, 4) is 0 Å². The number of benzene rings is 1. The van der Waals surface area contributed by atoms with Crippen LogP contribution < -0.4 is 10.6 Å². The maximum Gasteiger partial charge on any atom is 0.196 e. The van der Waals surface area contributed by atoms with Crippen LogP contribution in [0.15, 0.2) is 35.3 Å². The molecule has 2 aliphatic rings. The van der Waals surface area contributed by atoms with E-state index in [1.165, 1.54) is 24.9 Å². The molecule has 0 radical (unpaired) electrons. The van der Waals surface area contributed by atoms with Crippen molar-refractivity contribution in [2.24, 2.45) is 16.6 Å². The van der Waals surface area contributed by atoms with Gasteiger partial charge in [-0.25, -0.2) is 0 Å². The zero-order valence-corrected chi connectivity index (χ0v) is 10.3. The summed E-state index contributed by atoms with van der Waals surface area (Å²) in [5, 5.41) is 0. The van der Waals surface area contributed by atoms with Crippen LogP contribution in [0.25, 0.3) is 0 Å². The second-order valence-corrected chi connectivity index (χ2v) is 5.24. The molecule has 17 heavy (non-hydrogen) atoms. The molecule has 1 fully saturated rings. The van der Waals surface area contributed by atoms with Crippen molar-refractivity contribution < 1.29 is 0 Å². The Balaban J connectivity index is 2.03. The topological polar surface area (TPSA) is 41.6 Å². The molecular formula is C14H19N3. The van der Waals surface area contributed by atoms with Crippen molar-refractivity contribution in [1.29, 1.82) is 0 Å². The van der Waals surface area contributed by atoms with E-state index in [-0.39, 0.29) is 5.54 Å². The molecule has 0 saturated heterocycles. The van der Waals surface area contributed by atoms with Crippen LogP contribution in [0.1, 0.15) is 26.2 Å². The Morgan fingerprint density at radius 2 is 2.12 bits per heavy atom. The Labute approximate surface area is 102 Å². The molecule has 1 spiro atoms. The largest absolute Gasteiger partial charge is 0.369 e. The molecule has 2 unspecified atom stereocenters. The molecule has 1 heterocycles. The molecule has 0 aromatic heterocycles. The van der Waals surface area contributed by atoms with E-state index < -0.39 is 0 Å². The third-order valence-corrected chi connectivity index (χ3v) is 4.37. The third-order valence-electron chi connectivity index (χ3n) is 4.37. The van der Waals surface area contributed by atoms with Gasteiger partial charge in [-0.1, -0.05) is 31.5 Å². The van der Waals surface area contributed by atoms with E-state index in [2.05, 4.69) is 41.1 Å². The van der Waals surface area contributed by atoms with Crippen molar-refractivity contribution in [3.63, 3.8) is 0 Å². The minimum atomic E-state index is 0.144. The Bertz CT molecular complexity index is 440. The third kappa shape index (κ3) is 1.45. The molecule has 2 N–H and O–H groups in total. The summed E-state index contributed by atoms with van der Waals surface area (Å²) in [5.74, 6) is 1.34. The number of aliphatic imine (C=N–C) groups is 1. The van der Waals surface area contributed by atoms with Gasteiger partial charge in [0.25, 0.3) is 0 Å². The molecule has 0 bridgehead atoms. The fourth-order valence-electron chi connectivity index (χ4n) is 3.35. The van der Waals surface area contributed by atoms with Crippen LogP contribution in [0.5, 0.6) is 0 Å². The Morgan fingerprint density at radius 3 is 2.76 bits per heavy atom. The average molecular weight is 229 g/mol. The lowest BCUT2D eigenvalue weighted by atomic mass is 9.87. The monoisotopic (exact) mass is 229 g/mol. The van der Waals surface area contributed by atoms with Gasteiger partial charge in [-0.3, -0.25) is 4.99 Å². The van der Waals surface area contributed by atoms with Gasteiger partial charge in [-0.05, 0) is 30.9 Å². The summed E-state index contributed by atoms with van der Waals surface area (Å²) < 4.78 is 0. The maximum absolute atomic E-state index is 6.10. The van der Waals surface area contributed by atoms with Crippen LogP contribution in [0.4, 0.5) is 5.69 Å². The lowest BCUT2D eigenvalue weighted by molar-refractivity contribution is 0.365. The normalized spacial score (nSPS) is 32.2. The summed E-state index contributed by atoms with van der Waals surface area (Å²) in [6, 6.07) is 10.4. The lowest BCUT2D eigenvalue weighted by Gasteiger charge is -2.39. The van der Waals surface area contributed by atoms with Crippen LogP contribution in [-0.2, 0) is 0 Å². The molecule has 1 aliphatic carbocycles. The fourth-order valence-corrected chi connectivity index (χ4v) is 3.35. The minimum absolute atomic E-state index is 0.144. The number of hydrogen-bond donors (Lipinski definition) is 1. The van der Waals surface area contributed by atoms with Crippen molar-refractivity contribution in [3.05, 3.63) is 30.3 Å². The van der Waals surface area contributed by atoms with E-state index in [9.17, 15) is 0 Å².